The topological polar surface area (TPSA) is 85.3 Å². The summed E-state index contributed by atoms with van der Waals surface area (Å²) >= 11 is 4.93. The van der Waals surface area contributed by atoms with Gasteiger partial charge in [-0.05, 0) is 29.8 Å². The molecule has 0 radical (unpaired) electrons. The molecular formula is C18H23BrN2O5S2. The number of hydrogen-bond acceptors (Lipinski definition) is 6. The lowest BCUT2D eigenvalue weighted by Gasteiger charge is -2.27. The Bertz CT molecular complexity index is 903. The second-order valence-electron chi connectivity index (χ2n) is 6.43. The number of benzene rings is 1. The Morgan fingerprint density at radius 1 is 1.21 bits per heavy atom. The molecule has 2 heterocycles. The Hall–Kier alpha value is -1.26. The zero-order valence-corrected chi connectivity index (χ0v) is 19.2. The van der Waals surface area contributed by atoms with Crippen molar-refractivity contribution in [2.24, 2.45) is 4.99 Å². The number of rotatable bonds is 6. The fraction of sp³-hybridized carbons (Fsp3) is 0.556. The van der Waals surface area contributed by atoms with E-state index in [4.69, 9.17) is 9.47 Å². The zero-order chi connectivity index (χ0) is 20.5. The van der Waals surface area contributed by atoms with Crippen LogP contribution >= 0.6 is 27.7 Å². The van der Waals surface area contributed by atoms with Gasteiger partial charge in [-0.15, -0.1) is 0 Å². The van der Waals surface area contributed by atoms with Crippen molar-refractivity contribution in [1.29, 1.82) is 0 Å². The van der Waals surface area contributed by atoms with E-state index in [1.807, 2.05) is 30.9 Å². The number of thioether (sulfide) groups is 1. The van der Waals surface area contributed by atoms with E-state index in [0.29, 0.717) is 42.0 Å². The van der Waals surface area contributed by atoms with Crippen LogP contribution in [0.3, 0.4) is 0 Å². The molecule has 154 valence electrons. The fourth-order valence-corrected chi connectivity index (χ4v) is 7.72. The number of anilines is 1. The molecule has 0 bridgehead atoms. The average molecular weight is 491 g/mol. The lowest BCUT2D eigenvalue weighted by atomic mass is 10.2. The van der Waals surface area contributed by atoms with Crippen molar-refractivity contribution in [3.63, 3.8) is 0 Å². The van der Waals surface area contributed by atoms with E-state index in [1.54, 1.807) is 6.92 Å². The van der Waals surface area contributed by atoms with Crippen molar-refractivity contribution in [3.8, 4) is 11.5 Å². The predicted molar refractivity (Wildman–Crippen MR) is 116 cm³/mol. The van der Waals surface area contributed by atoms with E-state index in [2.05, 4.69) is 20.9 Å². The van der Waals surface area contributed by atoms with E-state index >= 15 is 0 Å². The van der Waals surface area contributed by atoms with E-state index in [9.17, 15) is 13.2 Å². The van der Waals surface area contributed by atoms with E-state index in [1.165, 1.54) is 11.8 Å². The lowest BCUT2D eigenvalue weighted by Crippen LogP contribution is -2.38. The van der Waals surface area contributed by atoms with Crippen molar-refractivity contribution in [2.45, 2.75) is 38.5 Å². The van der Waals surface area contributed by atoms with Crippen molar-refractivity contribution >= 4 is 54.3 Å². The van der Waals surface area contributed by atoms with Crippen LogP contribution in [0.2, 0.25) is 0 Å². The highest BCUT2D eigenvalue weighted by Crippen LogP contribution is 2.46. The van der Waals surface area contributed by atoms with Crippen LogP contribution < -0.4 is 14.4 Å². The van der Waals surface area contributed by atoms with Gasteiger partial charge in [0.15, 0.2) is 26.5 Å². The summed E-state index contributed by atoms with van der Waals surface area (Å²) in [6.07, 6.45) is 0.292. The summed E-state index contributed by atoms with van der Waals surface area (Å²) in [5, 5.41) is 0.381. The number of aliphatic imine (C=N–C) groups is 1. The van der Waals surface area contributed by atoms with Crippen LogP contribution in [0.4, 0.5) is 5.69 Å². The largest absolute Gasteiger partial charge is 0.490 e. The molecule has 0 N–H and O–H groups in total. The molecule has 2 saturated heterocycles. The van der Waals surface area contributed by atoms with Gasteiger partial charge in [-0.25, -0.2) is 8.42 Å². The number of carbonyl (C=O) groups excluding carboxylic acids is 1. The van der Waals surface area contributed by atoms with Crippen molar-refractivity contribution < 1.29 is 22.7 Å². The van der Waals surface area contributed by atoms with Crippen LogP contribution in [0.15, 0.2) is 21.6 Å². The van der Waals surface area contributed by atoms with Gasteiger partial charge < -0.3 is 14.4 Å². The molecule has 0 aromatic heterocycles. The second-order valence-corrected chi connectivity index (χ2v) is 10.6. The Morgan fingerprint density at radius 3 is 2.46 bits per heavy atom. The maximum absolute atomic E-state index is 12.2. The molecular weight excluding hydrogens is 468 g/mol. The maximum Gasteiger partial charge on any atom is 0.247 e. The van der Waals surface area contributed by atoms with Crippen LogP contribution in [-0.4, -0.2) is 55.5 Å². The molecule has 0 aliphatic carbocycles. The van der Waals surface area contributed by atoms with Crippen LogP contribution in [0, 0.1) is 0 Å². The molecule has 0 saturated carbocycles. The van der Waals surface area contributed by atoms with Gasteiger partial charge in [-0.2, -0.15) is 4.99 Å². The highest BCUT2D eigenvalue weighted by atomic mass is 79.9. The molecule has 28 heavy (non-hydrogen) atoms. The molecule has 2 fully saturated rings. The van der Waals surface area contributed by atoms with Crippen molar-refractivity contribution in [3.05, 3.63) is 16.6 Å². The molecule has 1 amide bonds. The molecule has 1 aromatic rings. The van der Waals surface area contributed by atoms with Crippen LogP contribution in [0.25, 0.3) is 0 Å². The number of carbonyl (C=O) groups is 1. The first-order valence-corrected chi connectivity index (χ1v) is 12.7. The molecule has 3 rings (SSSR count). The van der Waals surface area contributed by atoms with Gasteiger partial charge in [0.25, 0.3) is 0 Å². The average Bonchev–Trinajstić information content (AvgIpc) is 3.08. The molecule has 7 nitrogen and oxygen atoms in total. The minimum atomic E-state index is -3.13. The first-order valence-electron chi connectivity index (χ1n) is 9.16. The SMILES string of the molecule is CCOc1cc(Br)c(N2C(=NC(=O)CC)S[C@@H]3CS(=O)(=O)C[C@@H]32)cc1OCC. The third-order valence-electron chi connectivity index (χ3n) is 4.46. The lowest BCUT2D eigenvalue weighted by molar-refractivity contribution is -0.117. The molecule has 1 aromatic carbocycles. The molecule has 2 aliphatic rings. The van der Waals surface area contributed by atoms with E-state index in [-0.39, 0.29) is 28.7 Å². The number of nitrogens with zero attached hydrogens (tertiary/aromatic N) is 2. The van der Waals surface area contributed by atoms with Crippen molar-refractivity contribution in [1.82, 2.24) is 0 Å². The summed E-state index contributed by atoms with van der Waals surface area (Å²) in [4.78, 5) is 18.1. The van der Waals surface area contributed by atoms with Gasteiger partial charge in [-0.1, -0.05) is 18.7 Å². The summed E-state index contributed by atoms with van der Waals surface area (Å²) < 4.78 is 36.5. The quantitative estimate of drug-likeness (QED) is 0.604. The van der Waals surface area contributed by atoms with Gasteiger partial charge in [0.2, 0.25) is 5.91 Å². The van der Waals surface area contributed by atoms with Gasteiger partial charge in [0, 0.05) is 28.3 Å². The standard InChI is InChI=1S/C18H23BrN2O5S2/c1-4-17(22)20-18-21(13-9-28(23,24)10-16(13)27-18)12-8-15(26-6-3)14(25-5-2)7-11(12)19/h7-8,13,16H,4-6,9-10H2,1-3H3/t13-,16+/m0/s1. The normalized spacial score (nSPS) is 24.4. The van der Waals surface area contributed by atoms with Crippen LogP contribution in [0.1, 0.15) is 27.2 Å². The smallest absolute Gasteiger partial charge is 0.247 e. The number of amides is 1. The maximum atomic E-state index is 12.2. The molecule has 10 heteroatoms. The molecule has 0 unspecified atom stereocenters. The van der Waals surface area contributed by atoms with Gasteiger partial charge in [0.05, 0.1) is 36.4 Å². The third-order valence-corrected chi connectivity index (χ3v) is 8.31. The molecule has 2 atom stereocenters. The van der Waals surface area contributed by atoms with Gasteiger partial charge in [0.1, 0.15) is 0 Å². The monoisotopic (exact) mass is 490 g/mol. The van der Waals surface area contributed by atoms with Crippen molar-refractivity contribution in [2.75, 3.05) is 29.6 Å². The summed E-state index contributed by atoms with van der Waals surface area (Å²) in [5.74, 6) is 1.06. The van der Waals surface area contributed by atoms with Crippen LogP contribution in [0.5, 0.6) is 11.5 Å². The Labute approximate surface area is 177 Å². The number of ether oxygens (including phenoxy) is 2. The summed E-state index contributed by atoms with van der Waals surface area (Å²) in [7, 11) is -3.13. The Kier molecular flexibility index (Phi) is 6.61. The fourth-order valence-electron chi connectivity index (χ4n) is 3.28. The van der Waals surface area contributed by atoms with Gasteiger partial charge in [-0.3, -0.25) is 4.79 Å². The molecule has 2 aliphatic heterocycles. The Balaban J connectivity index is 2.09. The van der Waals surface area contributed by atoms with Crippen LogP contribution in [-0.2, 0) is 14.6 Å². The van der Waals surface area contributed by atoms with Gasteiger partial charge >= 0.3 is 0 Å². The number of halogens is 1. The third kappa shape index (κ3) is 4.33. The number of amidine groups is 1. The highest BCUT2D eigenvalue weighted by Gasteiger charge is 2.50. The predicted octanol–water partition coefficient (Wildman–Crippen LogP) is 3.26. The number of hydrogen-bond donors (Lipinski definition) is 0. The first kappa shape index (κ1) is 21.4. The highest BCUT2D eigenvalue weighted by molar-refractivity contribution is 9.10. The first-order chi connectivity index (χ1) is 13.3. The Morgan fingerprint density at radius 2 is 1.86 bits per heavy atom. The summed E-state index contributed by atoms with van der Waals surface area (Å²) in [6, 6.07) is 3.35. The second kappa shape index (κ2) is 8.62. The minimum Gasteiger partial charge on any atom is -0.490 e. The minimum absolute atomic E-state index is 0.0353. The van der Waals surface area contributed by atoms with E-state index in [0.717, 1.165) is 4.47 Å². The molecule has 0 spiro atoms. The summed E-state index contributed by atoms with van der Waals surface area (Å²) in [5.41, 5.74) is 0.714. The zero-order valence-electron chi connectivity index (χ0n) is 16.0. The summed E-state index contributed by atoms with van der Waals surface area (Å²) in [6.45, 7) is 6.48. The number of sulfone groups is 1. The number of fused-ring (bicyclic) bond motifs is 1. The van der Waals surface area contributed by atoms with E-state index < -0.39 is 9.84 Å².